The molecule has 2 aromatic heterocycles. The molecule has 7 rings (SSSR count). The molecule has 0 radical (unpaired) electrons. The van der Waals surface area contributed by atoms with Gasteiger partial charge < -0.3 is 42.3 Å². The fourth-order valence-electron chi connectivity index (χ4n) is 7.94. The van der Waals surface area contributed by atoms with Crippen molar-refractivity contribution in [3.63, 3.8) is 0 Å². The van der Waals surface area contributed by atoms with Crippen LogP contribution in [0.4, 0.5) is 0 Å². The number of aromatic nitrogens is 4. The molecule has 65 heavy (non-hydrogen) atoms. The molecular weight excluding hydrogens is 917 g/mol. The standard InChI is InChI=1S/C48H57BrN4O11Si/c1-10-25-57-40-36(27-59-48(32-17-13-11-14-18-32,33-19-15-12-16-20-33)34-21-23-35(56-7)24-22-34)58-26-37(40)63-44-39-43(50-29-51-44)53(46(49)52-39)45-42(62-31(3)55)41(61-30(2)54)38(64-45)28-60-65(8,9)47(4,5)6/h10-24,29,36-38,40-42,45H,1,25-28H2,2-9H3/t36-,37-,38-,40+,41-,42-,45-/m1/s1. The van der Waals surface area contributed by atoms with Crippen molar-refractivity contribution >= 4 is 47.3 Å². The van der Waals surface area contributed by atoms with Crippen molar-refractivity contribution in [3.8, 4) is 11.6 Å². The Labute approximate surface area is 389 Å². The molecule has 0 bridgehead atoms. The van der Waals surface area contributed by atoms with Gasteiger partial charge in [-0.3, -0.25) is 14.2 Å². The molecule has 0 unspecified atom stereocenters. The van der Waals surface area contributed by atoms with E-state index in [4.69, 9.17) is 47.3 Å². The van der Waals surface area contributed by atoms with Crippen LogP contribution in [0.5, 0.6) is 11.6 Å². The van der Waals surface area contributed by atoms with Gasteiger partial charge in [-0.15, -0.1) is 6.58 Å². The second kappa shape index (κ2) is 20.2. The van der Waals surface area contributed by atoms with Crippen molar-refractivity contribution in [2.75, 3.05) is 33.5 Å². The number of esters is 2. The predicted octanol–water partition coefficient (Wildman–Crippen LogP) is 8.11. The summed E-state index contributed by atoms with van der Waals surface area (Å²) in [6.45, 7) is 17.6. The Kier molecular flexibility index (Phi) is 14.9. The summed E-state index contributed by atoms with van der Waals surface area (Å²) >= 11 is 3.60. The number of hydrogen-bond acceptors (Lipinski definition) is 14. The number of halogens is 1. The van der Waals surface area contributed by atoms with Gasteiger partial charge in [0.15, 0.2) is 48.8 Å². The molecule has 2 saturated heterocycles. The molecule has 2 fully saturated rings. The highest BCUT2D eigenvalue weighted by Crippen LogP contribution is 2.44. The first-order valence-electron chi connectivity index (χ1n) is 21.5. The van der Waals surface area contributed by atoms with E-state index in [9.17, 15) is 9.59 Å². The van der Waals surface area contributed by atoms with Crippen LogP contribution in [0.2, 0.25) is 18.1 Å². The second-order valence-corrected chi connectivity index (χ2v) is 23.0. The molecule has 0 aliphatic carbocycles. The zero-order valence-corrected chi connectivity index (χ0v) is 40.6. The van der Waals surface area contributed by atoms with Gasteiger partial charge in [-0.05, 0) is 62.9 Å². The zero-order chi connectivity index (χ0) is 46.5. The monoisotopic (exact) mass is 972 g/mol. The highest BCUT2D eigenvalue weighted by atomic mass is 79.9. The van der Waals surface area contributed by atoms with Gasteiger partial charge >= 0.3 is 11.9 Å². The normalized spacial score (nSPS) is 22.4. The van der Waals surface area contributed by atoms with E-state index in [1.165, 1.54) is 20.2 Å². The lowest BCUT2D eigenvalue weighted by molar-refractivity contribution is -0.165. The summed E-state index contributed by atoms with van der Waals surface area (Å²) in [5.41, 5.74) is 2.27. The van der Waals surface area contributed by atoms with Crippen LogP contribution in [0, 0.1) is 0 Å². The highest BCUT2D eigenvalue weighted by Gasteiger charge is 2.52. The van der Waals surface area contributed by atoms with Crippen LogP contribution in [0.1, 0.15) is 57.5 Å². The van der Waals surface area contributed by atoms with Gasteiger partial charge in [-0.1, -0.05) is 99.6 Å². The molecule has 346 valence electrons. The Balaban J connectivity index is 1.19. The van der Waals surface area contributed by atoms with Crippen LogP contribution in [-0.4, -0.2) is 110 Å². The minimum absolute atomic E-state index is 0.0901. The van der Waals surface area contributed by atoms with Crippen LogP contribution >= 0.6 is 15.9 Å². The van der Waals surface area contributed by atoms with E-state index in [2.05, 4.69) is 66.3 Å². The molecule has 5 aromatic rings. The molecule has 0 amide bonds. The molecule has 0 spiro atoms. The molecule has 4 heterocycles. The first-order chi connectivity index (χ1) is 31.1. The minimum atomic E-state index is -2.28. The summed E-state index contributed by atoms with van der Waals surface area (Å²) in [6, 6.07) is 28.0. The second-order valence-electron chi connectivity index (χ2n) is 17.5. The number of nitrogens with zero attached hydrogens (tertiary/aromatic N) is 4. The Morgan fingerprint density at radius 3 is 2.06 bits per heavy atom. The van der Waals surface area contributed by atoms with Crippen LogP contribution in [0.25, 0.3) is 11.2 Å². The molecule has 7 atom stereocenters. The third-order valence-corrected chi connectivity index (χ3v) is 17.2. The van der Waals surface area contributed by atoms with Crippen molar-refractivity contribution in [1.82, 2.24) is 19.5 Å². The zero-order valence-electron chi connectivity index (χ0n) is 38.0. The smallest absolute Gasteiger partial charge is 0.303 e. The van der Waals surface area contributed by atoms with Crippen LogP contribution in [0.15, 0.2) is 109 Å². The predicted molar refractivity (Wildman–Crippen MR) is 247 cm³/mol. The Morgan fingerprint density at radius 1 is 0.862 bits per heavy atom. The van der Waals surface area contributed by atoms with E-state index in [0.717, 1.165) is 22.4 Å². The Bertz CT molecular complexity index is 2380. The highest BCUT2D eigenvalue weighted by molar-refractivity contribution is 9.10. The average molecular weight is 974 g/mol. The first kappa shape index (κ1) is 47.9. The van der Waals surface area contributed by atoms with E-state index in [-0.39, 0.29) is 47.6 Å². The number of imidazole rings is 1. The fraction of sp³-hybridized carbons (Fsp3) is 0.438. The summed E-state index contributed by atoms with van der Waals surface area (Å²) in [4.78, 5) is 39.0. The van der Waals surface area contributed by atoms with Gasteiger partial charge in [0, 0.05) is 13.8 Å². The largest absolute Gasteiger partial charge is 0.497 e. The third kappa shape index (κ3) is 10.2. The quantitative estimate of drug-likeness (QED) is 0.0272. The number of hydrogen-bond donors (Lipinski definition) is 0. The maximum atomic E-state index is 12.6. The maximum Gasteiger partial charge on any atom is 0.303 e. The van der Waals surface area contributed by atoms with Crippen molar-refractivity contribution in [3.05, 3.63) is 125 Å². The molecule has 0 saturated carbocycles. The van der Waals surface area contributed by atoms with Gasteiger partial charge in [0.1, 0.15) is 36.0 Å². The molecule has 15 nitrogen and oxygen atoms in total. The summed E-state index contributed by atoms with van der Waals surface area (Å²) < 4.78 is 58.9. The molecule has 2 aliphatic rings. The van der Waals surface area contributed by atoms with Crippen LogP contribution in [-0.2, 0) is 48.0 Å². The molecule has 3 aromatic carbocycles. The van der Waals surface area contributed by atoms with Gasteiger partial charge in [0.05, 0.1) is 33.5 Å². The topological polar surface area (TPSA) is 161 Å². The third-order valence-electron chi connectivity index (χ3n) is 12.2. The van der Waals surface area contributed by atoms with E-state index >= 15 is 0 Å². The fourth-order valence-corrected chi connectivity index (χ4v) is 9.50. The lowest BCUT2D eigenvalue weighted by Gasteiger charge is -2.37. The van der Waals surface area contributed by atoms with E-state index in [0.29, 0.717) is 5.65 Å². The van der Waals surface area contributed by atoms with Gasteiger partial charge in [0.2, 0.25) is 5.88 Å². The number of fused-ring (bicyclic) bond motifs is 1. The molecule has 0 N–H and O–H groups in total. The molecule has 2 aliphatic heterocycles. The van der Waals surface area contributed by atoms with E-state index in [1.807, 2.05) is 84.9 Å². The summed E-state index contributed by atoms with van der Waals surface area (Å²) in [5.74, 6) is -0.290. The summed E-state index contributed by atoms with van der Waals surface area (Å²) in [7, 11) is -0.643. The van der Waals surface area contributed by atoms with Gasteiger partial charge in [-0.25, -0.2) is 9.97 Å². The van der Waals surface area contributed by atoms with Crippen molar-refractivity contribution in [2.24, 2.45) is 0 Å². The number of methoxy groups -OCH3 is 1. The van der Waals surface area contributed by atoms with Gasteiger partial charge in [-0.2, -0.15) is 4.98 Å². The van der Waals surface area contributed by atoms with E-state index < -0.39 is 68.7 Å². The van der Waals surface area contributed by atoms with Crippen LogP contribution < -0.4 is 9.47 Å². The van der Waals surface area contributed by atoms with Crippen molar-refractivity contribution < 1.29 is 51.9 Å². The number of carbonyl (C=O) groups is 2. The van der Waals surface area contributed by atoms with Crippen molar-refractivity contribution in [1.29, 1.82) is 0 Å². The lowest BCUT2D eigenvalue weighted by Crippen LogP contribution is -2.46. The number of carbonyl (C=O) groups excluding carboxylic acids is 2. The summed E-state index contributed by atoms with van der Waals surface area (Å²) in [5, 5.41) is -0.104. The Hall–Kier alpha value is -5.01. The lowest BCUT2D eigenvalue weighted by atomic mass is 9.80. The summed E-state index contributed by atoms with van der Waals surface area (Å²) in [6.07, 6.45) is -2.82. The first-order valence-corrected chi connectivity index (χ1v) is 25.2. The number of benzene rings is 3. The number of ether oxygens (including phenoxy) is 8. The maximum absolute atomic E-state index is 12.6. The molecule has 17 heteroatoms. The van der Waals surface area contributed by atoms with E-state index in [1.54, 1.807) is 17.8 Å². The van der Waals surface area contributed by atoms with Crippen LogP contribution in [0.3, 0.4) is 0 Å². The molecular formula is C48H57BrN4O11Si. The number of rotatable bonds is 18. The SMILES string of the molecule is C=CCO[C@H]1[C@@H](COC(c2ccccc2)(c2ccccc2)c2ccc(OC)cc2)OC[C@H]1Oc1ncnc2c1nc(Br)n2[C@@H]1O[C@H](CO[Si](C)(C)C(C)(C)C)[C@@H](OC(C)=O)[C@H]1OC(C)=O. The van der Waals surface area contributed by atoms with Crippen molar-refractivity contribution in [2.45, 2.75) is 101 Å². The van der Waals surface area contributed by atoms with Gasteiger partial charge in [0.25, 0.3) is 0 Å². The average Bonchev–Trinajstić information content (AvgIpc) is 3.94. The Morgan fingerprint density at radius 2 is 1.48 bits per heavy atom. The minimum Gasteiger partial charge on any atom is -0.497 e.